The number of amides is 1. The monoisotopic (exact) mass is 307 g/mol. The summed E-state index contributed by atoms with van der Waals surface area (Å²) in [7, 11) is -4.31. The average molecular weight is 307 g/mol. The number of nitro groups is 1. The van der Waals surface area contributed by atoms with Gasteiger partial charge in [0, 0.05) is 6.07 Å². The van der Waals surface area contributed by atoms with Crippen LogP contribution in [0.2, 0.25) is 0 Å². The Bertz CT molecular complexity index is 660. The first-order valence-electron chi connectivity index (χ1n) is 5.01. The van der Waals surface area contributed by atoms with Gasteiger partial charge in [0.15, 0.2) is 0 Å². The first-order chi connectivity index (χ1) is 9.15. The number of carbonyl (C=O) groups is 1. The van der Waals surface area contributed by atoms with Crippen LogP contribution in [0.15, 0.2) is 17.0 Å². The largest absolute Gasteiger partial charge is 0.368 e. The van der Waals surface area contributed by atoms with E-state index in [0.29, 0.717) is 12.1 Å². The Hall–Kier alpha value is -2.11. The Balaban J connectivity index is 3.14. The predicted octanol–water partition coefficient (Wildman–Crippen LogP) is -0.262. The van der Waals surface area contributed by atoms with Gasteiger partial charge < -0.3 is 5.73 Å². The number of halogens is 1. The van der Waals surface area contributed by atoms with E-state index in [9.17, 15) is 27.7 Å². The van der Waals surface area contributed by atoms with E-state index in [1.807, 2.05) is 0 Å². The number of nitrogens with one attached hydrogen (secondary N) is 1. The number of nitrogens with zero attached hydrogens (tertiary/aromatic N) is 1. The maximum absolute atomic E-state index is 13.3. The van der Waals surface area contributed by atoms with Gasteiger partial charge in [0.25, 0.3) is 10.0 Å². The minimum atomic E-state index is -4.31. The number of rotatable bonds is 6. The van der Waals surface area contributed by atoms with E-state index < -0.39 is 43.9 Å². The summed E-state index contributed by atoms with van der Waals surface area (Å²) in [5, 5.41) is 10.6. The van der Waals surface area contributed by atoms with Crippen LogP contribution in [0.5, 0.6) is 0 Å². The molecule has 1 amide bonds. The van der Waals surface area contributed by atoms with Crippen LogP contribution in [-0.2, 0) is 19.7 Å². The van der Waals surface area contributed by atoms with Gasteiger partial charge in [0.2, 0.25) is 11.7 Å². The van der Waals surface area contributed by atoms with Crippen molar-refractivity contribution < 1.29 is 27.4 Å². The summed E-state index contributed by atoms with van der Waals surface area (Å²) in [5.74, 6) is -2.08. The Labute approximate surface area is 112 Å². The zero-order valence-corrected chi connectivity index (χ0v) is 10.9. The van der Waals surface area contributed by atoms with E-state index in [2.05, 4.69) is 4.84 Å². The second kappa shape index (κ2) is 5.90. The van der Waals surface area contributed by atoms with Gasteiger partial charge in [-0.1, -0.05) is 4.89 Å². The van der Waals surface area contributed by atoms with Crippen LogP contribution in [0.1, 0.15) is 5.56 Å². The van der Waals surface area contributed by atoms with E-state index in [-0.39, 0.29) is 5.56 Å². The minimum absolute atomic E-state index is 0.0664. The van der Waals surface area contributed by atoms with Crippen LogP contribution in [0, 0.1) is 22.9 Å². The van der Waals surface area contributed by atoms with Gasteiger partial charge in [-0.05, 0) is 18.6 Å². The highest BCUT2D eigenvalue weighted by Crippen LogP contribution is 2.25. The normalized spacial score (nSPS) is 11.3. The lowest BCUT2D eigenvalue weighted by Gasteiger charge is -2.08. The lowest BCUT2D eigenvalue weighted by molar-refractivity contribution is -0.387. The van der Waals surface area contributed by atoms with Crippen LogP contribution in [0.25, 0.3) is 0 Å². The minimum Gasteiger partial charge on any atom is -0.368 e. The van der Waals surface area contributed by atoms with Crippen molar-refractivity contribution in [2.24, 2.45) is 5.73 Å². The summed E-state index contributed by atoms with van der Waals surface area (Å²) in [4.78, 5) is 25.3. The van der Waals surface area contributed by atoms with E-state index in [1.165, 1.54) is 6.92 Å². The molecule has 3 N–H and O–H groups in total. The number of carbonyl (C=O) groups excluding carboxylic acids is 1. The third kappa shape index (κ3) is 3.69. The fraction of sp³-hybridized carbons (Fsp3) is 0.222. The van der Waals surface area contributed by atoms with Crippen molar-refractivity contribution in [2.75, 3.05) is 6.61 Å². The fourth-order valence-electron chi connectivity index (χ4n) is 1.29. The molecule has 1 rings (SSSR count). The first kappa shape index (κ1) is 15.9. The molecule has 0 saturated carbocycles. The molecule has 0 aromatic heterocycles. The average Bonchev–Trinajstić information content (AvgIpc) is 2.26. The molecule has 0 unspecified atom stereocenters. The summed E-state index contributed by atoms with van der Waals surface area (Å²) in [6.07, 6.45) is 0. The molecule has 1 aromatic carbocycles. The molecule has 0 heterocycles. The summed E-state index contributed by atoms with van der Waals surface area (Å²) in [5.41, 5.74) is 3.68. The van der Waals surface area contributed by atoms with Gasteiger partial charge in [-0.25, -0.2) is 8.42 Å². The van der Waals surface area contributed by atoms with E-state index >= 15 is 0 Å². The molecule has 0 aliphatic carbocycles. The first-order valence-corrected chi connectivity index (χ1v) is 6.50. The number of sulfonamides is 1. The molecule has 0 aliphatic heterocycles. The molecule has 0 fully saturated rings. The number of hydrogen-bond donors (Lipinski definition) is 2. The third-order valence-corrected chi connectivity index (χ3v) is 3.47. The van der Waals surface area contributed by atoms with Crippen molar-refractivity contribution in [1.82, 2.24) is 4.89 Å². The highest BCUT2D eigenvalue weighted by Gasteiger charge is 2.24. The third-order valence-electron chi connectivity index (χ3n) is 2.11. The Morgan fingerprint density at radius 3 is 2.65 bits per heavy atom. The van der Waals surface area contributed by atoms with Gasteiger partial charge in [-0.3, -0.25) is 19.7 Å². The second-order valence-electron chi connectivity index (χ2n) is 3.67. The van der Waals surface area contributed by atoms with Crippen LogP contribution >= 0.6 is 0 Å². The number of primary amides is 1. The molecule has 110 valence electrons. The summed E-state index contributed by atoms with van der Waals surface area (Å²) in [6.45, 7) is 0.525. The van der Waals surface area contributed by atoms with Crippen molar-refractivity contribution in [3.63, 3.8) is 0 Å². The highest BCUT2D eigenvalue weighted by molar-refractivity contribution is 7.89. The number of aryl methyl sites for hydroxylation is 1. The maximum atomic E-state index is 13.3. The molecule has 0 radical (unpaired) electrons. The Morgan fingerprint density at radius 1 is 1.55 bits per heavy atom. The highest BCUT2D eigenvalue weighted by atomic mass is 32.2. The molecule has 0 saturated heterocycles. The molecule has 0 aliphatic rings. The maximum Gasteiger partial charge on any atom is 0.306 e. The van der Waals surface area contributed by atoms with Crippen LogP contribution in [0.4, 0.5) is 10.1 Å². The van der Waals surface area contributed by atoms with Gasteiger partial charge in [0.1, 0.15) is 6.61 Å². The van der Waals surface area contributed by atoms with Gasteiger partial charge >= 0.3 is 5.69 Å². The zero-order chi connectivity index (χ0) is 15.5. The summed E-state index contributed by atoms with van der Waals surface area (Å²) >= 11 is 0. The van der Waals surface area contributed by atoms with E-state index in [0.717, 1.165) is 0 Å². The number of nitro benzene ring substituents is 1. The molecular formula is C9H10FN3O6S. The van der Waals surface area contributed by atoms with Crippen molar-refractivity contribution in [3.05, 3.63) is 33.6 Å². The molecule has 1 aromatic rings. The van der Waals surface area contributed by atoms with Crippen molar-refractivity contribution >= 4 is 21.6 Å². The van der Waals surface area contributed by atoms with Crippen molar-refractivity contribution in [2.45, 2.75) is 11.8 Å². The van der Waals surface area contributed by atoms with Gasteiger partial charge in [0.05, 0.1) is 9.82 Å². The van der Waals surface area contributed by atoms with Crippen LogP contribution in [-0.4, -0.2) is 25.9 Å². The van der Waals surface area contributed by atoms with Crippen LogP contribution in [0.3, 0.4) is 0 Å². The number of benzene rings is 1. The molecule has 0 spiro atoms. The summed E-state index contributed by atoms with van der Waals surface area (Å²) in [6, 6.07) is 1.27. The fourth-order valence-corrected chi connectivity index (χ4v) is 2.35. The topological polar surface area (TPSA) is 142 Å². The number of nitrogens with two attached hydrogens (primary N) is 1. The van der Waals surface area contributed by atoms with E-state index in [1.54, 1.807) is 4.89 Å². The standard InChI is InChI=1S/C9H10FN3O6S/c1-5-2-6(10)7(13(15)16)3-8(5)20(17,18)12-19-4-9(11)14/h2-3,12H,4H2,1H3,(H2,11,14). The lowest BCUT2D eigenvalue weighted by Crippen LogP contribution is -2.30. The van der Waals surface area contributed by atoms with Crippen molar-refractivity contribution in [3.8, 4) is 0 Å². The molecule has 0 atom stereocenters. The zero-order valence-electron chi connectivity index (χ0n) is 10.1. The van der Waals surface area contributed by atoms with Gasteiger partial charge in [-0.2, -0.15) is 4.39 Å². The Kier molecular flexibility index (Phi) is 4.70. The molecule has 20 heavy (non-hydrogen) atoms. The molecular weight excluding hydrogens is 297 g/mol. The van der Waals surface area contributed by atoms with Crippen molar-refractivity contribution in [1.29, 1.82) is 0 Å². The quantitative estimate of drug-likeness (QED) is 0.547. The second-order valence-corrected chi connectivity index (χ2v) is 5.28. The molecule has 9 nitrogen and oxygen atoms in total. The van der Waals surface area contributed by atoms with Crippen LogP contribution < -0.4 is 10.6 Å². The van der Waals surface area contributed by atoms with E-state index in [4.69, 9.17) is 5.73 Å². The Morgan fingerprint density at radius 2 is 2.15 bits per heavy atom. The molecule has 0 bridgehead atoms. The lowest BCUT2D eigenvalue weighted by atomic mass is 10.2. The summed E-state index contributed by atoms with van der Waals surface area (Å²) < 4.78 is 36.9. The predicted molar refractivity (Wildman–Crippen MR) is 63.3 cm³/mol. The number of hydrogen-bond acceptors (Lipinski definition) is 6. The molecule has 11 heteroatoms. The SMILES string of the molecule is Cc1cc(F)c([N+](=O)[O-])cc1S(=O)(=O)NOCC(N)=O. The van der Waals surface area contributed by atoms with Gasteiger partial charge in [-0.15, -0.1) is 0 Å². The smallest absolute Gasteiger partial charge is 0.306 e.